The fraction of sp³-hybridized carbons (Fsp3) is 0.375. The second kappa shape index (κ2) is 2.69. The van der Waals surface area contributed by atoms with Gasteiger partial charge >= 0.3 is 5.97 Å². The van der Waals surface area contributed by atoms with Crippen molar-refractivity contribution in [3.8, 4) is 0 Å². The Hall–Kier alpha value is -1.65. The molecule has 0 amide bonds. The van der Waals surface area contributed by atoms with Gasteiger partial charge in [0.1, 0.15) is 0 Å². The summed E-state index contributed by atoms with van der Waals surface area (Å²) in [6, 6.07) is 0.298. The maximum atomic E-state index is 10.6. The minimum Gasteiger partial charge on any atom is -0.476 e. The van der Waals surface area contributed by atoms with E-state index >= 15 is 0 Å². The molecule has 13 heavy (non-hydrogen) atoms. The molecule has 68 valence electrons. The highest BCUT2D eigenvalue weighted by Gasteiger charge is 2.27. The van der Waals surface area contributed by atoms with Gasteiger partial charge in [0, 0.05) is 6.20 Å². The lowest BCUT2D eigenvalue weighted by Crippen LogP contribution is -2.02. The van der Waals surface area contributed by atoms with E-state index < -0.39 is 5.97 Å². The molecule has 0 bridgehead atoms. The average Bonchev–Trinajstić information content (AvgIpc) is 2.84. The molecule has 0 aliphatic heterocycles. The van der Waals surface area contributed by atoms with E-state index in [0.29, 0.717) is 12.3 Å². The number of aromatic carboxylic acids is 1. The Balaban J connectivity index is 2.41. The third-order valence-electron chi connectivity index (χ3n) is 2.01. The number of carboxylic acids is 1. The zero-order valence-electron chi connectivity index (χ0n) is 6.80. The minimum atomic E-state index is -1.15. The number of aldehydes is 1. The molecule has 0 saturated heterocycles. The summed E-state index contributed by atoms with van der Waals surface area (Å²) in [7, 11) is 0. The Bertz CT molecular complexity index is 365. The molecule has 1 aliphatic rings. The highest BCUT2D eigenvalue weighted by atomic mass is 16.4. The van der Waals surface area contributed by atoms with E-state index in [1.807, 2.05) is 0 Å². The van der Waals surface area contributed by atoms with Crippen molar-refractivity contribution in [2.24, 2.45) is 0 Å². The van der Waals surface area contributed by atoms with Crippen molar-refractivity contribution in [2.45, 2.75) is 18.9 Å². The molecule has 0 radical (unpaired) electrons. The monoisotopic (exact) mass is 180 g/mol. The third kappa shape index (κ3) is 1.32. The molecule has 1 saturated carbocycles. The molecule has 0 atom stereocenters. The van der Waals surface area contributed by atoms with Crippen molar-refractivity contribution in [3.05, 3.63) is 17.5 Å². The summed E-state index contributed by atoms with van der Waals surface area (Å²) < 4.78 is 1.56. The summed E-state index contributed by atoms with van der Waals surface area (Å²) in [5.74, 6) is -1.15. The van der Waals surface area contributed by atoms with E-state index in [4.69, 9.17) is 5.11 Å². The van der Waals surface area contributed by atoms with Gasteiger partial charge in [0.2, 0.25) is 0 Å². The quantitative estimate of drug-likeness (QED) is 0.696. The number of rotatable bonds is 3. The highest BCUT2D eigenvalue weighted by molar-refractivity contribution is 5.95. The van der Waals surface area contributed by atoms with Crippen molar-refractivity contribution in [3.63, 3.8) is 0 Å². The maximum absolute atomic E-state index is 10.6. The number of carbonyl (C=O) groups excluding carboxylic acids is 1. The zero-order chi connectivity index (χ0) is 9.42. The number of carboxylic acid groups (broad SMARTS) is 1. The van der Waals surface area contributed by atoms with Crippen molar-refractivity contribution >= 4 is 12.3 Å². The van der Waals surface area contributed by atoms with E-state index in [9.17, 15) is 9.59 Å². The number of hydrogen-bond acceptors (Lipinski definition) is 3. The summed E-state index contributed by atoms with van der Waals surface area (Å²) in [6.07, 6.45) is 4.04. The van der Waals surface area contributed by atoms with E-state index in [1.54, 1.807) is 4.68 Å². The van der Waals surface area contributed by atoms with Crippen molar-refractivity contribution in [2.75, 3.05) is 0 Å². The molecule has 0 aromatic carbocycles. The van der Waals surface area contributed by atoms with Gasteiger partial charge in [-0.1, -0.05) is 0 Å². The van der Waals surface area contributed by atoms with E-state index in [0.717, 1.165) is 12.8 Å². The van der Waals surface area contributed by atoms with Crippen molar-refractivity contribution < 1.29 is 14.7 Å². The van der Waals surface area contributed by atoms with Crippen LogP contribution in [0.25, 0.3) is 0 Å². The van der Waals surface area contributed by atoms with Crippen LogP contribution >= 0.6 is 0 Å². The van der Waals surface area contributed by atoms with Gasteiger partial charge < -0.3 is 5.11 Å². The Kier molecular flexibility index (Phi) is 1.65. The Morgan fingerprint density at radius 1 is 1.69 bits per heavy atom. The lowest BCUT2D eigenvalue weighted by molar-refractivity contribution is 0.0686. The van der Waals surface area contributed by atoms with Crippen LogP contribution in [0.5, 0.6) is 0 Å². The Morgan fingerprint density at radius 3 is 2.77 bits per heavy atom. The van der Waals surface area contributed by atoms with Gasteiger partial charge in [0.25, 0.3) is 0 Å². The molecule has 5 heteroatoms. The highest BCUT2D eigenvalue weighted by Crippen LogP contribution is 2.34. The van der Waals surface area contributed by atoms with Crippen molar-refractivity contribution in [1.29, 1.82) is 0 Å². The molecule has 2 rings (SSSR count). The molecular formula is C8H8N2O3. The van der Waals surface area contributed by atoms with E-state index in [-0.39, 0.29) is 11.3 Å². The third-order valence-corrected chi connectivity index (χ3v) is 2.01. The molecule has 5 nitrogen and oxygen atoms in total. The molecule has 0 spiro atoms. The standard InChI is InChI=1S/C8H8N2O3/c11-4-5-3-10(6-1-2-6)9-7(5)8(12)13/h3-4,6H,1-2H2,(H,12,13). The van der Waals surface area contributed by atoms with Crippen LogP contribution in [0.1, 0.15) is 39.7 Å². The minimum absolute atomic E-state index is 0.151. The summed E-state index contributed by atoms with van der Waals surface area (Å²) in [6.45, 7) is 0. The van der Waals surface area contributed by atoms with Crippen LogP contribution in [0.15, 0.2) is 6.20 Å². The Labute approximate surface area is 74.0 Å². The largest absolute Gasteiger partial charge is 0.476 e. The summed E-state index contributed by atoms with van der Waals surface area (Å²) in [5.41, 5.74) is 0.00120. The van der Waals surface area contributed by atoms with Gasteiger partial charge in [-0.15, -0.1) is 0 Å². The van der Waals surface area contributed by atoms with Gasteiger partial charge in [-0.25, -0.2) is 4.79 Å². The molecular weight excluding hydrogens is 172 g/mol. The predicted octanol–water partition coefficient (Wildman–Crippen LogP) is 0.729. The lowest BCUT2D eigenvalue weighted by Gasteiger charge is -1.92. The van der Waals surface area contributed by atoms with Crippen LogP contribution in [0.3, 0.4) is 0 Å². The van der Waals surface area contributed by atoms with Gasteiger partial charge in [0.05, 0.1) is 11.6 Å². The molecule has 1 aromatic rings. The molecule has 1 heterocycles. The molecule has 1 aromatic heterocycles. The first kappa shape index (κ1) is 7.97. The fourth-order valence-electron chi connectivity index (χ4n) is 1.18. The molecule has 1 aliphatic carbocycles. The summed E-state index contributed by atoms with van der Waals surface area (Å²) >= 11 is 0. The fourth-order valence-corrected chi connectivity index (χ4v) is 1.18. The number of nitrogens with zero attached hydrogens (tertiary/aromatic N) is 2. The second-order valence-electron chi connectivity index (χ2n) is 3.07. The first-order valence-electron chi connectivity index (χ1n) is 4.00. The average molecular weight is 180 g/mol. The van der Waals surface area contributed by atoms with E-state index in [1.165, 1.54) is 6.20 Å². The van der Waals surface area contributed by atoms with Crippen LogP contribution in [0, 0.1) is 0 Å². The first-order valence-corrected chi connectivity index (χ1v) is 4.00. The van der Waals surface area contributed by atoms with Crippen LogP contribution in [-0.4, -0.2) is 27.1 Å². The van der Waals surface area contributed by atoms with Crippen LogP contribution in [0.2, 0.25) is 0 Å². The van der Waals surface area contributed by atoms with Gasteiger partial charge in [-0.2, -0.15) is 5.10 Å². The van der Waals surface area contributed by atoms with Crippen LogP contribution in [-0.2, 0) is 0 Å². The van der Waals surface area contributed by atoms with Gasteiger partial charge in [-0.05, 0) is 12.8 Å². The maximum Gasteiger partial charge on any atom is 0.357 e. The van der Waals surface area contributed by atoms with Gasteiger partial charge in [0.15, 0.2) is 12.0 Å². The van der Waals surface area contributed by atoms with Crippen LogP contribution in [0.4, 0.5) is 0 Å². The number of aromatic nitrogens is 2. The van der Waals surface area contributed by atoms with E-state index in [2.05, 4.69) is 5.10 Å². The molecule has 1 fully saturated rings. The smallest absolute Gasteiger partial charge is 0.357 e. The summed E-state index contributed by atoms with van der Waals surface area (Å²) in [5, 5.41) is 12.5. The van der Waals surface area contributed by atoms with Gasteiger partial charge in [-0.3, -0.25) is 9.48 Å². The second-order valence-corrected chi connectivity index (χ2v) is 3.07. The predicted molar refractivity (Wildman–Crippen MR) is 42.8 cm³/mol. The molecule has 0 unspecified atom stereocenters. The molecule has 1 N–H and O–H groups in total. The zero-order valence-corrected chi connectivity index (χ0v) is 6.80. The topological polar surface area (TPSA) is 72.2 Å². The normalized spacial score (nSPS) is 15.7. The van der Waals surface area contributed by atoms with Crippen LogP contribution < -0.4 is 0 Å². The summed E-state index contributed by atoms with van der Waals surface area (Å²) in [4.78, 5) is 21.1. The SMILES string of the molecule is O=Cc1cn(C2CC2)nc1C(=O)O. The Morgan fingerprint density at radius 2 is 2.38 bits per heavy atom. The lowest BCUT2D eigenvalue weighted by atomic mass is 10.3. The first-order chi connectivity index (χ1) is 6.22. The number of hydrogen-bond donors (Lipinski definition) is 1. The number of carbonyl (C=O) groups is 2. The van der Waals surface area contributed by atoms with Crippen molar-refractivity contribution in [1.82, 2.24) is 9.78 Å².